The quantitative estimate of drug-likeness (QED) is 0.774. The lowest BCUT2D eigenvalue weighted by atomic mass is 10.2. The van der Waals surface area contributed by atoms with Crippen molar-refractivity contribution < 1.29 is 19.4 Å². The molecule has 0 bridgehead atoms. The van der Waals surface area contributed by atoms with Gasteiger partial charge in [0.15, 0.2) is 0 Å². The molecule has 1 amide bonds. The standard InChI is InChI=1S/C15H14ClN3O4/c1-23-15(22)10-8-19(4-5-20)14(21)13(10)18-12-3-2-9(7-17)6-11(12)16/h2-3,6,18,20H,4-5,8H2,1H3. The highest BCUT2D eigenvalue weighted by Gasteiger charge is 2.34. The molecule has 1 aromatic rings. The van der Waals surface area contributed by atoms with Gasteiger partial charge in [0, 0.05) is 6.54 Å². The maximum atomic E-state index is 12.4. The van der Waals surface area contributed by atoms with Crippen molar-refractivity contribution in [1.82, 2.24) is 4.90 Å². The number of ether oxygens (including phenoxy) is 1. The summed E-state index contributed by atoms with van der Waals surface area (Å²) in [6, 6.07) is 6.49. The maximum Gasteiger partial charge on any atom is 0.337 e. The molecule has 0 aliphatic carbocycles. The summed E-state index contributed by atoms with van der Waals surface area (Å²) >= 11 is 6.08. The Balaban J connectivity index is 2.35. The number of methoxy groups -OCH3 is 1. The van der Waals surface area contributed by atoms with Gasteiger partial charge in [0.25, 0.3) is 5.91 Å². The Morgan fingerprint density at radius 3 is 2.87 bits per heavy atom. The lowest BCUT2D eigenvalue weighted by molar-refractivity contribution is -0.136. The number of carbonyl (C=O) groups is 2. The molecule has 1 aliphatic heterocycles. The van der Waals surface area contributed by atoms with E-state index in [4.69, 9.17) is 22.0 Å². The molecule has 7 nitrogen and oxygen atoms in total. The molecule has 0 fully saturated rings. The van der Waals surface area contributed by atoms with Crippen LogP contribution in [-0.4, -0.2) is 48.7 Å². The van der Waals surface area contributed by atoms with Crippen LogP contribution in [0.4, 0.5) is 5.69 Å². The zero-order chi connectivity index (χ0) is 17.0. The van der Waals surface area contributed by atoms with Crippen LogP contribution in [0.5, 0.6) is 0 Å². The van der Waals surface area contributed by atoms with E-state index in [1.807, 2.05) is 6.07 Å². The third kappa shape index (κ3) is 3.44. The molecule has 0 radical (unpaired) electrons. The molecule has 0 atom stereocenters. The van der Waals surface area contributed by atoms with Crippen molar-refractivity contribution in [3.8, 4) is 6.07 Å². The lowest BCUT2D eigenvalue weighted by Gasteiger charge is -2.15. The Hall–Kier alpha value is -2.56. The summed E-state index contributed by atoms with van der Waals surface area (Å²) in [4.78, 5) is 25.5. The van der Waals surface area contributed by atoms with Crippen molar-refractivity contribution in [2.75, 3.05) is 32.1 Å². The van der Waals surface area contributed by atoms with Gasteiger partial charge in [-0.25, -0.2) is 4.79 Å². The molecule has 8 heteroatoms. The second-order valence-corrected chi connectivity index (χ2v) is 5.13. The number of amides is 1. The van der Waals surface area contributed by atoms with Gasteiger partial charge in [0.2, 0.25) is 0 Å². The predicted molar refractivity (Wildman–Crippen MR) is 82.5 cm³/mol. The average molecular weight is 336 g/mol. The number of hydrogen-bond donors (Lipinski definition) is 2. The van der Waals surface area contributed by atoms with Gasteiger partial charge in [-0.15, -0.1) is 0 Å². The van der Waals surface area contributed by atoms with Crippen molar-refractivity contribution in [2.24, 2.45) is 0 Å². The summed E-state index contributed by atoms with van der Waals surface area (Å²) in [6.45, 7) is -0.0704. The van der Waals surface area contributed by atoms with Gasteiger partial charge < -0.3 is 20.1 Å². The number of rotatable bonds is 5. The minimum atomic E-state index is -0.633. The number of carbonyl (C=O) groups excluding carboxylic acids is 2. The van der Waals surface area contributed by atoms with Crippen LogP contribution in [0.15, 0.2) is 29.5 Å². The molecule has 120 valence electrons. The molecule has 0 saturated carbocycles. The van der Waals surface area contributed by atoms with E-state index >= 15 is 0 Å². The van der Waals surface area contributed by atoms with E-state index in [9.17, 15) is 9.59 Å². The van der Waals surface area contributed by atoms with Crippen molar-refractivity contribution in [2.45, 2.75) is 0 Å². The second kappa shape index (κ2) is 7.13. The Morgan fingerprint density at radius 2 is 2.30 bits per heavy atom. The van der Waals surface area contributed by atoms with Crippen LogP contribution in [-0.2, 0) is 14.3 Å². The molecule has 2 rings (SSSR count). The van der Waals surface area contributed by atoms with Gasteiger partial charge in [-0.05, 0) is 18.2 Å². The zero-order valence-electron chi connectivity index (χ0n) is 12.3. The molecule has 0 aromatic heterocycles. The lowest BCUT2D eigenvalue weighted by Crippen LogP contribution is -2.31. The highest BCUT2D eigenvalue weighted by molar-refractivity contribution is 6.33. The fourth-order valence-electron chi connectivity index (χ4n) is 2.17. The second-order valence-electron chi connectivity index (χ2n) is 4.73. The zero-order valence-corrected chi connectivity index (χ0v) is 13.1. The smallest absolute Gasteiger partial charge is 0.337 e. The first kappa shape index (κ1) is 16.8. The molecule has 0 unspecified atom stereocenters. The van der Waals surface area contributed by atoms with E-state index in [2.05, 4.69) is 10.1 Å². The number of aliphatic hydroxyl groups is 1. The number of esters is 1. The Bertz CT molecular complexity index is 724. The molecule has 0 spiro atoms. The van der Waals surface area contributed by atoms with Gasteiger partial charge in [-0.1, -0.05) is 11.6 Å². The number of benzene rings is 1. The molecular formula is C15H14ClN3O4. The summed E-state index contributed by atoms with van der Waals surface area (Å²) in [7, 11) is 1.22. The number of aliphatic hydroxyl groups excluding tert-OH is 1. The van der Waals surface area contributed by atoms with Crippen LogP contribution in [0, 0.1) is 11.3 Å². The molecule has 1 heterocycles. The van der Waals surface area contributed by atoms with E-state index in [-0.39, 0.29) is 36.0 Å². The number of anilines is 1. The number of halogens is 1. The average Bonchev–Trinajstić information content (AvgIpc) is 2.85. The molecular weight excluding hydrogens is 322 g/mol. The highest BCUT2D eigenvalue weighted by Crippen LogP contribution is 2.28. The summed E-state index contributed by atoms with van der Waals surface area (Å²) in [5.74, 6) is -1.06. The number of hydrogen-bond acceptors (Lipinski definition) is 6. The van der Waals surface area contributed by atoms with Gasteiger partial charge in [-0.2, -0.15) is 5.26 Å². The molecule has 1 aromatic carbocycles. The molecule has 2 N–H and O–H groups in total. The largest absolute Gasteiger partial charge is 0.466 e. The molecule has 0 saturated heterocycles. The van der Waals surface area contributed by atoms with Gasteiger partial charge in [0.1, 0.15) is 5.70 Å². The number of nitrogens with one attached hydrogen (secondary N) is 1. The van der Waals surface area contributed by atoms with Crippen LogP contribution in [0.25, 0.3) is 0 Å². The van der Waals surface area contributed by atoms with Crippen LogP contribution in [0.1, 0.15) is 5.56 Å². The van der Waals surface area contributed by atoms with E-state index in [0.29, 0.717) is 11.3 Å². The first-order valence-electron chi connectivity index (χ1n) is 6.70. The first-order chi connectivity index (χ1) is 11.0. The summed E-state index contributed by atoms with van der Waals surface area (Å²) in [6.07, 6.45) is 0. The van der Waals surface area contributed by atoms with E-state index in [1.54, 1.807) is 6.07 Å². The number of nitriles is 1. The van der Waals surface area contributed by atoms with Crippen molar-refractivity contribution >= 4 is 29.2 Å². The van der Waals surface area contributed by atoms with Crippen LogP contribution in [0.2, 0.25) is 5.02 Å². The van der Waals surface area contributed by atoms with Crippen molar-refractivity contribution in [3.63, 3.8) is 0 Å². The van der Waals surface area contributed by atoms with Gasteiger partial charge in [0.05, 0.1) is 48.2 Å². The van der Waals surface area contributed by atoms with E-state index in [0.717, 1.165) is 0 Å². The monoisotopic (exact) mass is 335 g/mol. The fraction of sp³-hybridized carbons (Fsp3) is 0.267. The highest BCUT2D eigenvalue weighted by atomic mass is 35.5. The van der Waals surface area contributed by atoms with E-state index < -0.39 is 11.9 Å². The molecule has 23 heavy (non-hydrogen) atoms. The van der Waals surface area contributed by atoms with E-state index in [1.165, 1.54) is 24.1 Å². The van der Waals surface area contributed by atoms with Gasteiger partial charge >= 0.3 is 5.97 Å². The van der Waals surface area contributed by atoms with Crippen LogP contribution in [0.3, 0.4) is 0 Å². The predicted octanol–water partition coefficient (Wildman–Crippen LogP) is 0.885. The fourth-order valence-corrected chi connectivity index (χ4v) is 2.40. The SMILES string of the molecule is COC(=O)C1=C(Nc2ccc(C#N)cc2Cl)C(=O)N(CCO)C1. The first-order valence-corrected chi connectivity index (χ1v) is 7.08. The van der Waals surface area contributed by atoms with Crippen molar-refractivity contribution in [3.05, 3.63) is 40.1 Å². The number of nitrogens with zero attached hydrogens (tertiary/aromatic N) is 2. The van der Waals surface area contributed by atoms with Gasteiger partial charge in [-0.3, -0.25) is 4.79 Å². The minimum absolute atomic E-state index is 0.0439. The Labute approximate surface area is 137 Å². The summed E-state index contributed by atoms with van der Waals surface area (Å²) in [5, 5.41) is 20.9. The third-order valence-corrected chi connectivity index (χ3v) is 3.62. The van der Waals surface area contributed by atoms with Crippen LogP contribution < -0.4 is 5.32 Å². The summed E-state index contributed by atoms with van der Waals surface area (Å²) in [5.41, 5.74) is 0.979. The number of β-amino-alcohol motifs (C(OH)–C–C–N with tert-alkyl or cyclic N) is 1. The topological polar surface area (TPSA) is 103 Å². The van der Waals surface area contributed by atoms with Crippen LogP contribution >= 0.6 is 11.6 Å². The molecule has 1 aliphatic rings. The minimum Gasteiger partial charge on any atom is -0.466 e. The normalized spacial score (nSPS) is 14.0. The van der Waals surface area contributed by atoms with Crippen molar-refractivity contribution in [1.29, 1.82) is 5.26 Å². The Kier molecular flexibility index (Phi) is 5.21. The third-order valence-electron chi connectivity index (χ3n) is 3.31. The maximum absolute atomic E-state index is 12.4. The summed E-state index contributed by atoms with van der Waals surface area (Å²) < 4.78 is 4.69. The Morgan fingerprint density at radius 1 is 1.57 bits per heavy atom.